The van der Waals surface area contributed by atoms with Crippen LogP contribution in [0.15, 0.2) is 23.3 Å². The zero-order valence-electron chi connectivity index (χ0n) is 26.4. The molecule has 1 aliphatic rings. The second-order valence-electron chi connectivity index (χ2n) is 13.1. The minimum atomic E-state index is -0.761. The van der Waals surface area contributed by atoms with E-state index in [0.29, 0.717) is 31.1 Å². The topological polar surface area (TPSA) is 87.0 Å². The molecule has 0 aliphatic heterocycles. The van der Waals surface area contributed by atoms with E-state index in [1.807, 2.05) is 6.92 Å². The Morgan fingerprint density at radius 2 is 1.77 bits per heavy atom. The van der Waals surface area contributed by atoms with Crippen molar-refractivity contribution in [2.24, 2.45) is 23.7 Å². The molecule has 0 aromatic heterocycles. The molecule has 39 heavy (non-hydrogen) atoms. The summed E-state index contributed by atoms with van der Waals surface area (Å²) in [6.07, 6.45) is 18.1. The number of hydrogen-bond donors (Lipinski definition) is 3. The molecule has 0 spiro atoms. The highest BCUT2D eigenvalue weighted by molar-refractivity contribution is 5.69. The van der Waals surface area contributed by atoms with Gasteiger partial charge in [0, 0.05) is 6.61 Å². The van der Waals surface area contributed by atoms with E-state index in [9.17, 15) is 15.0 Å². The molecule has 0 aromatic carbocycles. The van der Waals surface area contributed by atoms with Gasteiger partial charge in [-0.1, -0.05) is 78.0 Å². The van der Waals surface area contributed by atoms with Crippen LogP contribution in [-0.4, -0.2) is 45.7 Å². The minimum absolute atomic E-state index is 0.139. The highest BCUT2D eigenvalue weighted by Crippen LogP contribution is 2.35. The molecule has 0 saturated heterocycles. The number of hydrogen-bond acceptors (Lipinski definition) is 4. The lowest BCUT2D eigenvalue weighted by Crippen LogP contribution is -2.39. The van der Waals surface area contributed by atoms with E-state index in [1.54, 1.807) is 6.92 Å². The van der Waals surface area contributed by atoms with Gasteiger partial charge in [-0.25, -0.2) is 0 Å². The molecule has 3 N–H and O–H groups in total. The summed E-state index contributed by atoms with van der Waals surface area (Å²) >= 11 is 0. The minimum Gasteiger partial charge on any atom is -0.481 e. The third-order valence-corrected chi connectivity index (χ3v) is 9.03. The van der Waals surface area contributed by atoms with Crippen LogP contribution in [0.25, 0.3) is 0 Å². The van der Waals surface area contributed by atoms with Gasteiger partial charge in [-0.3, -0.25) is 4.79 Å². The highest BCUT2D eigenvalue weighted by atomic mass is 16.5. The van der Waals surface area contributed by atoms with Crippen molar-refractivity contribution in [3.8, 4) is 0 Å². The Kier molecular flexibility index (Phi) is 17.5. The summed E-state index contributed by atoms with van der Waals surface area (Å²) in [5.41, 5.74) is 1.95. The lowest BCUT2D eigenvalue weighted by molar-refractivity contribution is -0.141. The second-order valence-corrected chi connectivity index (χ2v) is 13.1. The first-order chi connectivity index (χ1) is 18.4. The standard InChI is InChI=1S/C34H62O5/c1-8-9-10-11-23-39-32-29(6)28(5)31(35)24-30(32)20-19-26(3)16-12-15-25(2)17-13-21-34(7,38)22-14-18-27(4)33(36)37/h17,24,26-29,31-32,35,38H,8-16,18-23H2,1-7H3,(H,36,37). The summed E-state index contributed by atoms with van der Waals surface area (Å²) in [6, 6.07) is 0. The fraction of sp³-hybridized carbons (Fsp3) is 0.853. The summed E-state index contributed by atoms with van der Waals surface area (Å²) in [5, 5.41) is 30.2. The molecule has 0 saturated carbocycles. The van der Waals surface area contributed by atoms with Crippen molar-refractivity contribution in [1.82, 2.24) is 0 Å². The number of ether oxygens (including phenoxy) is 1. The summed E-state index contributed by atoms with van der Waals surface area (Å²) in [5.74, 6) is 0.0838. The fourth-order valence-corrected chi connectivity index (χ4v) is 5.67. The lowest BCUT2D eigenvalue weighted by atomic mass is 9.76. The molecule has 7 atom stereocenters. The van der Waals surface area contributed by atoms with Gasteiger partial charge >= 0.3 is 5.97 Å². The predicted octanol–water partition coefficient (Wildman–Crippen LogP) is 8.48. The number of carboxylic acid groups (broad SMARTS) is 1. The van der Waals surface area contributed by atoms with Gasteiger partial charge in [0.2, 0.25) is 0 Å². The van der Waals surface area contributed by atoms with Gasteiger partial charge in [0.1, 0.15) is 0 Å². The van der Waals surface area contributed by atoms with Crippen molar-refractivity contribution in [3.63, 3.8) is 0 Å². The highest BCUT2D eigenvalue weighted by Gasteiger charge is 2.34. The molecule has 0 fully saturated rings. The van der Waals surface area contributed by atoms with Crippen LogP contribution in [0.3, 0.4) is 0 Å². The van der Waals surface area contributed by atoms with Crippen LogP contribution in [0, 0.1) is 23.7 Å². The zero-order valence-corrected chi connectivity index (χ0v) is 26.4. The van der Waals surface area contributed by atoms with E-state index < -0.39 is 11.6 Å². The number of aliphatic carboxylic acids is 1. The molecule has 0 bridgehead atoms. The number of carboxylic acids is 1. The van der Waals surface area contributed by atoms with Crippen molar-refractivity contribution in [1.29, 1.82) is 0 Å². The van der Waals surface area contributed by atoms with Crippen LogP contribution < -0.4 is 0 Å². The average molecular weight is 551 g/mol. The van der Waals surface area contributed by atoms with Gasteiger partial charge in [-0.15, -0.1) is 0 Å². The normalized spacial score (nSPS) is 25.2. The van der Waals surface area contributed by atoms with Crippen molar-refractivity contribution in [3.05, 3.63) is 23.3 Å². The molecule has 5 heteroatoms. The van der Waals surface area contributed by atoms with Crippen LogP contribution in [0.1, 0.15) is 138 Å². The van der Waals surface area contributed by atoms with Gasteiger partial charge in [-0.05, 0) is 101 Å². The number of carbonyl (C=O) groups is 1. The van der Waals surface area contributed by atoms with Crippen LogP contribution in [0.4, 0.5) is 0 Å². The molecular weight excluding hydrogens is 488 g/mol. The van der Waals surface area contributed by atoms with Crippen molar-refractivity contribution in [2.45, 2.75) is 156 Å². The number of unbranched alkanes of at least 4 members (excludes halogenated alkanes) is 3. The molecule has 1 aliphatic carbocycles. The fourth-order valence-electron chi connectivity index (χ4n) is 5.67. The van der Waals surface area contributed by atoms with Gasteiger partial charge in [0.25, 0.3) is 0 Å². The SMILES string of the molecule is CCCCCCOC1C(CCC(C)CCCC(C)=CCCC(C)(O)CCCC(C)C(=O)O)=CC(O)C(C)C1C. The first-order valence-electron chi connectivity index (χ1n) is 16.0. The Bertz CT molecular complexity index is 740. The van der Waals surface area contributed by atoms with E-state index >= 15 is 0 Å². The van der Waals surface area contributed by atoms with Crippen LogP contribution in [0.2, 0.25) is 0 Å². The molecular formula is C34H62O5. The molecule has 0 aromatic rings. The maximum absolute atomic E-state index is 11.0. The summed E-state index contributed by atoms with van der Waals surface area (Å²) in [7, 11) is 0. The first kappa shape index (κ1) is 35.9. The predicted molar refractivity (Wildman–Crippen MR) is 163 cm³/mol. The smallest absolute Gasteiger partial charge is 0.306 e. The van der Waals surface area contributed by atoms with Crippen molar-refractivity contribution in [2.75, 3.05) is 6.61 Å². The number of rotatable bonds is 21. The Balaban J connectivity index is 2.39. The van der Waals surface area contributed by atoms with Crippen LogP contribution in [0.5, 0.6) is 0 Å². The Hall–Kier alpha value is -1.17. The molecule has 0 radical (unpaired) electrons. The van der Waals surface area contributed by atoms with Gasteiger partial charge in [0.15, 0.2) is 0 Å². The Labute approximate surface area is 240 Å². The van der Waals surface area contributed by atoms with E-state index in [4.69, 9.17) is 9.84 Å². The molecule has 1 rings (SSSR count). The van der Waals surface area contributed by atoms with Gasteiger partial charge < -0.3 is 20.1 Å². The largest absolute Gasteiger partial charge is 0.481 e. The summed E-state index contributed by atoms with van der Waals surface area (Å²) in [4.78, 5) is 11.0. The number of aliphatic hydroxyl groups excluding tert-OH is 1. The van der Waals surface area contributed by atoms with E-state index in [-0.39, 0.29) is 24.0 Å². The molecule has 0 heterocycles. The molecule has 228 valence electrons. The Morgan fingerprint density at radius 3 is 2.44 bits per heavy atom. The zero-order chi connectivity index (χ0) is 29.4. The van der Waals surface area contributed by atoms with E-state index in [0.717, 1.165) is 45.1 Å². The van der Waals surface area contributed by atoms with Crippen molar-refractivity contribution >= 4 is 5.97 Å². The quantitative estimate of drug-likeness (QED) is 0.0985. The van der Waals surface area contributed by atoms with Crippen molar-refractivity contribution < 1.29 is 24.9 Å². The molecule has 0 amide bonds. The van der Waals surface area contributed by atoms with Crippen LogP contribution in [-0.2, 0) is 9.53 Å². The lowest BCUT2D eigenvalue weighted by Gasteiger charge is -2.38. The van der Waals surface area contributed by atoms with Crippen LogP contribution >= 0.6 is 0 Å². The Morgan fingerprint density at radius 1 is 1.05 bits per heavy atom. The first-order valence-corrected chi connectivity index (χ1v) is 16.0. The summed E-state index contributed by atoms with van der Waals surface area (Å²) in [6.45, 7) is 15.5. The van der Waals surface area contributed by atoms with E-state index in [1.165, 1.54) is 43.3 Å². The molecule has 7 unspecified atom stereocenters. The van der Waals surface area contributed by atoms with E-state index in [2.05, 4.69) is 46.8 Å². The maximum atomic E-state index is 11.0. The third-order valence-electron chi connectivity index (χ3n) is 9.03. The third kappa shape index (κ3) is 14.9. The summed E-state index contributed by atoms with van der Waals surface area (Å²) < 4.78 is 6.39. The average Bonchev–Trinajstić information content (AvgIpc) is 2.86. The molecule has 5 nitrogen and oxygen atoms in total. The maximum Gasteiger partial charge on any atom is 0.306 e. The van der Waals surface area contributed by atoms with Gasteiger partial charge in [0.05, 0.1) is 23.7 Å². The number of aliphatic hydroxyl groups is 2. The number of allylic oxidation sites excluding steroid dienone is 2. The monoisotopic (exact) mass is 550 g/mol. The second kappa shape index (κ2) is 19.0. The van der Waals surface area contributed by atoms with Gasteiger partial charge in [-0.2, -0.15) is 0 Å².